The zero-order chi connectivity index (χ0) is 21.1. The van der Waals surface area contributed by atoms with Crippen LogP contribution < -0.4 is 14.8 Å². The fourth-order valence-corrected chi connectivity index (χ4v) is 5.68. The van der Waals surface area contributed by atoms with E-state index in [4.69, 9.17) is 9.47 Å². The van der Waals surface area contributed by atoms with Gasteiger partial charge < -0.3 is 14.8 Å². The Morgan fingerprint density at radius 1 is 1.21 bits per heavy atom. The van der Waals surface area contributed by atoms with Crippen molar-refractivity contribution in [2.24, 2.45) is 0 Å². The summed E-state index contributed by atoms with van der Waals surface area (Å²) in [6.07, 6.45) is 1.55. The Kier molecular flexibility index (Phi) is 6.79. The fourth-order valence-electron chi connectivity index (χ4n) is 2.86. The quantitative estimate of drug-likeness (QED) is 0.523. The monoisotopic (exact) mass is 447 g/mol. The van der Waals surface area contributed by atoms with Crippen molar-refractivity contribution in [3.05, 3.63) is 23.8 Å². The number of nitrogens with one attached hydrogen (secondary N) is 2. The number of sulfonamides is 2. The number of carbonyl (C=O) groups excluding carboxylic acids is 1. The summed E-state index contributed by atoms with van der Waals surface area (Å²) < 4.78 is 63.8. The zero-order valence-electron chi connectivity index (χ0n) is 16.1. The van der Waals surface area contributed by atoms with Crippen molar-refractivity contribution in [3.63, 3.8) is 0 Å². The van der Waals surface area contributed by atoms with E-state index in [1.807, 2.05) is 0 Å². The first kappa shape index (κ1) is 22.0. The highest BCUT2D eigenvalue weighted by Gasteiger charge is 2.30. The predicted molar refractivity (Wildman–Crippen MR) is 105 cm³/mol. The minimum absolute atomic E-state index is 0.0902. The van der Waals surface area contributed by atoms with Gasteiger partial charge in [0.15, 0.2) is 0 Å². The Morgan fingerprint density at radius 3 is 2.52 bits per heavy atom. The van der Waals surface area contributed by atoms with Gasteiger partial charge in [0, 0.05) is 31.2 Å². The third-order valence-electron chi connectivity index (χ3n) is 4.62. The number of morpholine rings is 1. The molecule has 10 nitrogen and oxygen atoms in total. The van der Waals surface area contributed by atoms with E-state index in [-0.39, 0.29) is 34.5 Å². The molecular formula is C17H25N3O7S2. The third-order valence-corrected chi connectivity index (χ3v) is 8.04. The smallest absolute Gasteiger partial charge is 0.251 e. The van der Waals surface area contributed by atoms with E-state index in [1.54, 1.807) is 0 Å². The lowest BCUT2D eigenvalue weighted by molar-refractivity contribution is 0.0730. The van der Waals surface area contributed by atoms with Crippen LogP contribution in [0.4, 0.5) is 0 Å². The number of benzene rings is 1. The topological polar surface area (TPSA) is 131 Å². The molecule has 1 aliphatic heterocycles. The summed E-state index contributed by atoms with van der Waals surface area (Å²) in [6.45, 7) is 1.20. The van der Waals surface area contributed by atoms with Crippen molar-refractivity contribution in [2.45, 2.75) is 23.8 Å². The number of hydrogen-bond donors (Lipinski definition) is 2. The summed E-state index contributed by atoms with van der Waals surface area (Å²) >= 11 is 0. The molecule has 0 aromatic heterocycles. The maximum absolute atomic E-state index is 12.5. The summed E-state index contributed by atoms with van der Waals surface area (Å²) in [5.74, 6) is -0.680. The molecule has 29 heavy (non-hydrogen) atoms. The van der Waals surface area contributed by atoms with Gasteiger partial charge in [-0.3, -0.25) is 4.79 Å². The van der Waals surface area contributed by atoms with Crippen molar-refractivity contribution in [2.75, 3.05) is 45.7 Å². The van der Waals surface area contributed by atoms with E-state index < -0.39 is 26.0 Å². The van der Waals surface area contributed by atoms with Crippen LogP contribution in [0, 0.1) is 0 Å². The van der Waals surface area contributed by atoms with Gasteiger partial charge in [-0.1, -0.05) is 0 Å². The van der Waals surface area contributed by atoms with Crippen LogP contribution in [0.3, 0.4) is 0 Å². The lowest BCUT2D eigenvalue weighted by Crippen LogP contribution is -2.43. The third kappa shape index (κ3) is 5.66. The largest absolute Gasteiger partial charge is 0.495 e. The minimum atomic E-state index is -3.82. The van der Waals surface area contributed by atoms with E-state index in [9.17, 15) is 21.6 Å². The number of nitrogens with zero attached hydrogens (tertiary/aromatic N) is 1. The highest BCUT2D eigenvalue weighted by Crippen LogP contribution is 2.28. The molecule has 1 aromatic rings. The van der Waals surface area contributed by atoms with Gasteiger partial charge in [-0.05, 0) is 31.0 Å². The first-order valence-electron chi connectivity index (χ1n) is 9.27. The van der Waals surface area contributed by atoms with Gasteiger partial charge >= 0.3 is 0 Å². The lowest BCUT2D eigenvalue weighted by atomic mass is 10.2. The second kappa shape index (κ2) is 8.96. The molecule has 0 radical (unpaired) electrons. The normalized spacial score (nSPS) is 18.4. The van der Waals surface area contributed by atoms with Crippen molar-refractivity contribution in [1.82, 2.24) is 14.3 Å². The average molecular weight is 448 g/mol. The van der Waals surface area contributed by atoms with Crippen LogP contribution in [0.1, 0.15) is 23.2 Å². The predicted octanol–water partition coefficient (Wildman–Crippen LogP) is -0.472. The second-order valence-corrected chi connectivity index (χ2v) is 10.6. The summed E-state index contributed by atoms with van der Waals surface area (Å²) in [4.78, 5) is 12.3. The molecule has 0 unspecified atom stereocenters. The highest BCUT2D eigenvalue weighted by molar-refractivity contribution is 7.89. The molecule has 162 valence electrons. The van der Waals surface area contributed by atoms with Crippen LogP contribution in [0.25, 0.3) is 0 Å². The SMILES string of the molecule is COc1ccc(C(=O)NCCS(=O)(=O)N2CCOCC2)cc1S(=O)(=O)NC1CC1. The number of ether oxygens (including phenoxy) is 2. The molecule has 0 atom stereocenters. The van der Waals surface area contributed by atoms with Crippen molar-refractivity contribution in [3.8, 4) is 5.75 Å². The molecule has 2 N–H and O–H groups in total. The molecule has 1 aliphatic carbocycles. The molecule has 1 aromatic carbocycles. The maximum Gasteiger partial charge on any atom is 0.251 e. The first-order chi connectivity index (χ1) is 13.7. The van der Waals surface area contributed by atoms with Gasteiger partial charge in [0.05, 0.1) is 26.1 Å². The van der Waals surface area contributed by atoms with E-state index in [0.717, 1.165) is 12.8 Å². The van der Waals surface area contributed by atoms with Crippen molar-refractivity contribution < 1.29 is 31.1 Å². The van der Waals surface area contributed by atoms with Gasteiger partial charge in [-0.25, -0.2) is 21.6 Å². The fraction of sp³-hybridized carbons (Fsp3) is 0.588. The molecule has 1 saturated carbocycles. The highest BCUT2D eigenvalue weighted by atomic mass is 32.2. The molecule has 2 fully saturated rings. The van der Waals surface area contributed by atoms with Crippen LogP contribution in [0.15, 0.2) is 23.1 Å². The van der Waals surface area contributed by atoms with E-state index in [2.05, 4.69) is 10.0 Å². The minimum Gasteiger partial charge on any atom is -0.495 e. The molecule has 1 saturated heterocycles. The number of carbonyl (C=O) groups is 1. The number of rotatable bonds is 9. The molecule has 12 heteroatoms. The molecule has 1 amide bonds. The van der Waals surface area contributed by atoms with Gasteiger partial charge in [0.25, 0.3) is 5.91 Å². The lowest BCUT2D eigenvalue weighted by Gasteiger charge is -2.26. The van der Waals surface area contributed by atoms with Crippen LogP contribution >= 0.6 is 0 Å². The summed E-state index contributed by atoms with van der Waals surface area (Å²) in [7, 11) is -5.97. The summed E-state index contributed by atoms with van der Waals surface area (Å²) in [5, 5.41) is 2.53. The Labute approximate surface area is 170 Å². The van der Waals surface area contributed by atoms with Crippen molar-refractivity contribution in [1.29, 1.82) is 0 Å². The summed E-state index contributed by atoms with van der Waals surface area (Å²) in [5.41, 5.74) is 0.103. The van der Waals surface area contributed by atoms with Gasteiger partial charge in [0.2, 0.25) is 20.0 Å². The molecular weight excluding hydrogens is 422 g/mol. The summed E-state index contributed by atoms with van der Waals surface area (Å²) in [6, 6.07) is 3.98. The van der Waals surface area contributed by atoms with Gasteiger partial charge in [0.1, 0.15) is 10.6 Å². The zero-order valence-corrected chi connectivity index (χ0v) is 17.7. The second-order valence-electron chi connectivity index (χ2n) is 6.84. The van der Waals surface area contributed by atoms with E-state index in [1.165, 1.54) is 29.6 Å². The van der Waals surface area contributed by atoms with Gasteiger partial charge in [-0.15, -0.1) is 0 Å². The Balaban J connectivity index is 1.65. The number of hydrogen-bond acceptors (Lipinski definition) is 7. The van der Waals surface area contributed by atoms with Crippen LogP contribution in [-0.4, -0.2) is 78.8 Å². The average Bonchev–Trinajstić information content (AvgIpc) is 3.51. The van der Waals surface area contributed by atoms with E-state index >= 15 is 0 Å². The van der Waals surface area contributed by atoms with Crippen LogP contribution in [0.5, 0.6) is 5.75 Å². The van der Waals surface area contributed by atoms with Crippen LogP contribution in [-0.2, 0) is 24.8 Å². The Morgan fingerprint density at radius 2 is 1.90 bits per heavy atom. The molecule has 0 bridgehead atoms. The molecule has 2 aliphatic rings. The Hall–Kier alpha value is -1.73. The molecule has 0 spiro atoms. The maximum atomic E-state index is 12.5. The number of amides is 1. The first-order valence-corrected chi connectivity index (χ1v) is 12.4. The molecule has 3 rings (SSSR count). The van der Waals surface area contributed by atoms with Crippen molar-refractivity contribution >= 4 is 26.0 Å². The standard InChI is InChI=1S/C17H25N3O7S2/c1-26-15-5-2-13(12-16(15)29(24,25)19-14-3-4-14)17(21)18-6-11-28(22,23)20-7-9-27-10-8-20/h2,5,12,14,19H,3-4,6-11H2,1H3,(H,18,21). The number of methoxy groups -OCH3 is 1. The van der Waals surface area contributed by atoms with Crippen LogP contribution in [0.2, 0.25) is 0 Å². The van der Waals surface area contributed by atoms with E-state index in [0.29, 0.717) is 26.3 Å². The Bertz CT molecular complexity index is 953. The van der Waals surface area contributed by atoms with Gasteiger partial charge in [-0.2, -0.15) is 4.31 Å². The molecule has 1 heterocycles.